The van der Waals surface area contributed by atoms with Gasteiger partial charge in [-0.05, 0) is 18.4 Å². The van der Waals surface area contributed by atoms with Gasteiger partial charge in [0.15, 0.2) is 12.4 Å². The zero-order chi connectivity index (χ0) is 21.0. The van der Waals surface area contributed by atoms with Crippen molar-refractivity contribution < 1.29 is 18.8 Å². The van der Waals surface area contributed by atoms with Crippen LogP contribution in [0.25, 0.3) is 11.3 Å². The van der Waals surface area contributed by atoms with Crippen LogP contribution in [0.2, 0.25) is 0 Å². The second-order valence-electron chi connectivity index (χ2n) is 7.57. The van der Waals surface area contributed by atoms with E-state index in [0.29, 0.717) is 37.4 Å². The maximum absolute atomic E-state index is 13.3. The second kappa shape index (κ2) is 8.53. The molecular formula is C24H24N2O4. The average molecular weight is 404 g/mol. The predicted molar refractivity (Wildman–Crippen MR) is 111 cm³/mol. The van der Waals surface area contributed by atoms with Crippen molar-refractivity contribution >= 4 is 11.9 Å². The second-order valence-corrected chi connectivity index (χ2v) is 7.57. The lowest BCUT2D eigenvalue weighted by atomic mass is 9.72. The number of carbonyl (C=O) groups excluding carboxylic acids is 2. The van der Waals surface area contributed by atoms with Gasteiger partial charge in [-0.2, -0.15) is 0 Å². The number of amides is 1. The number of benzene rings is 2. The molecule has 154 valence electrons. The Labute approximate surface area is 175 Å². The maximum atomic E-state index is 13.3. The molecule has 0 aliphatic carbocycles. The number of carbonyl (C=O) groups is 2. The van der Waals surface area contributed by atoms with Gasteiger partial charge < -0.3 is 14.2 Å². The molecule has 3 aromatic rings. The number of ether oxygens (including phenoxy) is 1. The lowest BCUT2D eigenvalue weighted by molar-refractivity contribution is -0.156. The van der Waals surface area contributed by atoms with Crippen molar-refractivity contribution in [1.82, 2.24) is 10.1 Å². The van der Waals surface area contributed by atoms with Crippen molar-refractivity contribution in [2.24, 2.45) is 0 Å². The fraction of sp³-hybridized carbons (Fsp3) is 0.292. The van der Waals surface area contributed by atoms with Gasteiger partial charge in [0, 0.05) is 31.6 Å². The minimum atomic E-state index is -0.768. The van der Waals surface area contributed by atoms with Gasteiger partial charge in [-0.25, -0.2) is 0 Å². The number of aromatic nitrogens is 1. The summed E-state index contributed by atoms with van der Waals surface area (Å²) in [4.78, 5) is 26.8. The van der Waals surface area contributed by atoms with Crippen molar-refractivity contribution in [3.63, 3.8) is 0 Å². The van der Waals surface area contributed by atoms with E-state index in [1.54, 1.807) is 17.9 Å². The third kappa shape index (κ3) is 3.99. The predicted octanol–water partition coefficient (Wildman–Crippen LogP) is 3.97. The van der Waals surface area contributed by atoms with Crippen LogP contribution in [0.3, 0.4) is 0 Å². The molecule has 1 aromatic heterocycles. The van der Waals surface area contributed by atoms with Crippen LogP contribution >= 0.6 is 0 Å². The molecule has 0 spiro atoms. The molecule has 0 atom stereocenters. The molecule has 1 aliphatic heterocycles. The van der Waals surface area contributed by atoms with Crippen LogP contribution in [0.15, 0.2) is 71.3 Å². The summed E-state index contributed by atoms with van der Waals surface area (Å²) in [5.74, 6) is 0.223. The molecule has 2 aromatic carbocycles. The van der Waals surface area contributed by atoms with Crippen molar-refractivity contribution in [2.75, 3.05) is 13.1 Å². The number of hydrogen-bond acceptors (Lipinski definition) is 5. The minimum Gasteiger partial charge on any atom is -0.457 e. The van der Waals surface area contributed by atoms with E-state index in [-0.39, 0.29) is 18.5 Å². The highest BCUT2D eigenvalue weighted by molar-refractivity contribution is 5.84. The number of esters is 1. The Hall–Kier alpha value is -3.41. The fourth-order valence-electron chi connectivity index (χ4n) is 3.97. The molecule has 0 N–H and O–H groups in total. The normalized spacial score (nSPS) is 15.6. The summed E-state index contributed by atoms with van der Waals surface area (Å²) in [7, 11) is 0. The molecule has 0 radical (unpaired) electrons. The maximum Gasteiger partial charge on any atom is 0.317 e. The number of hydrogen-bond donors (Lipinski definition) is 0. The number of rotatable bonds is 5. The van der Waals surface area contributed by atoms with E-state index in [1.165, 1.54) is 0 Å². The monoisotopic (exact) mass is 404 g/mol. The molecule has 0 saturated carbocycles. The average Bonchev–Trinajstić information content (AvgIpc) is 3.28. The Morgan fingerprint density at radius 1 is 1.03 bits per heavy atom. The standard InChI is InChI=1S/C24H24N2O4/c1-18(27)26-14-12-24(13-15-26,20-10-6-3-7-11-20)23(28)29-17-21-16-22(25-30-21)19-8-4-2-5-9-19/h2-11,16H,12-15,17H2,1H3. The molecule has 4 rings (SSSR count). The molecule has 6 heteroatoms. The van der Waals surface area contributed by atoms with Gasteiger partial charge in [-0.15, -0.1) is 0 Å². The van der Waals surface area contributed by atoms with Gasteiger partial charge in [0.25, 0.3) is 0 Å². The summed E-state index contributed by atoms with van der Waals surface area (Å²) >= 11 is 0. The van der Waals surface area contributed by atoms with Gasteiger partial charge in [-0.1, -0.05) is 65.8 Å². The van der Waals surface area contributed by atoms with Crippen molar-refractivity contribution in [1.29, 1.82) is 0 Å². The van der Waals surface area contributed by atoms with Crippen LogP contribution in [0.1, 0.15) is 31.1 Å². The first kappa shape index (κ1) is 19.9. The van der Waals surface area contributed by atoms with Gasteiger partial charge in [0.1, 0.15) is 5.69 Å². The third-order valence-electron chi connectivity index (χ3n) is 5.75. The van der Waals surface area contributed by atoms with Gasteiger partial charge in [0.2, 0.25) is 5.91 Å². The molecule has 30 heavy (non-hydrogen) atoms. The Morgan fingerprint density at radius 2 is 1.67 bits per heavy atom. The van der Waals surface area contributed by atoms with Crippen molar-refractivity contribution in [3.8, 4) is 11.3 Å². The zero-order valence-electron chi connectivity index (χ0n) is 16.9. The first-order valence-corrected chi connectivity index (χ1v) is 10.1. The lowest BCUT2D eigenvalue weighted by Crippen LogP contribution is -2.49. The van der Waals surface area contributed by atoms with E-state index >= 15 is 0 Å². The van der Waals surface area contributed by atoms with E-state index in [4.69, 9.17) is 9.26 Å². The van der Waals surface area contributed by atoms with Crippen LogP contribution in [0, 0.1) is 0 Å². The highest BCUT2D eigenvalue weighted by Crippen LogP contribution is 2.37. The zero-order valence-corrected chi connectivity index (χ0v) is 16.9. The Balaban J connectivity index is 1.49. The molecule has 1 fully saturated rings. The molecule has 1 aliphatic rings. The smallest absolute Gasteiger partial charge is 0.317 e. The summed E-state index contributed by atoms with van der Waals surface area (Å²) in [5, 5.41) is 4.07. The van der Waals surface area contributed by atoms with Gasteiger partial charge in [-0.3, -0.25) is 9.59 Å². The van der Waals surface area contributed by atoms with Crippen LogP contribution in [0.4, 0.5) is 0 Å². The summed E-state index contributed by atoms with van der Waals surface area (Å²) < 4.78 is 11.1. The van der Waals surface area contributed by atoms with E-state index in [1.807, 2.05) is 60.7 Å². The fourth-order valence-corrected chi connectivity index (χ4v) is 3.97. The molecule has 0 bridgehead atoms. The van der Waals surface area contributed by atoms with E-state index in [0.717, 1.165) is 11.1 Å². The number of piperidine rings is 1. The minimum absolute atomic E-state index is 0.0175. The molecule has 1 amide bonds. The summed E-state index contributed by atoms with van der Waals surface area (Å²) in [6.45, 7) is 2.63. The third-order valence-corrected chi connectivity index (χ3v) is 5.75. The first-order chi connectivity index (χ1) is 14.6. The Bertz CT molecular complexity index is 1010. The SMILES string of the molecule is CC(=O)N1CCC(C(=O)OCc2cc(-c3ccccc3)no2)(c2ccccc2)CC1. The Morgan fingerprint density at radius 3 is 2.30 bits per heavy atom. The molecule has 2 heterocycles. The van der Waals surface area contributed by atoms with Crippen LogP contribution < -0.4 is 0 Å². The quantitative estimate of drug-likeness (QED) is 0.602. The summed E-state index contributed by atoms with van der Waals surface area (Å²) in [5.41, 5.74) is 1.79. The number of nitrogens with zero attached hydrogens (tertiary/aromatic N) is 2. The topological polar surface area (TPSA) is 72.6 Å². The van der Waals surface area contributed by atoms with Crippen LogP contribution in [-0.4, -0.2) is 35.0 Å². The highest BCUT2D eigenvalue weighted by Gasteiger charge is 2.44. The van der Waals surface area contributed by atoms with Crippen molar-refractivity contribution in [2.45, 2.75) is 31.8 Å². The summed E-state index contributed by atoms with van der Waals surface area (Å²) in [6.07, 6.45) is 1.06. The molecule has 1 saturated heterocycles. The van der Waals surface area contributed by atoms with Crippen LogP contribution in [0.5, 0.6) is 0 Å². The van der Waals surface area contributed by atoms with Crippen molar-refractivity contribution in [3.05, 3.63) is 78.1 Å². The summed E-state index contributed by atoms with van der Waals surface area (Å²) in [6, 6.07) is 21.1. The molecule has 0 unspecified atom stereocenters. The lowest BCUT2D eigenvalue weighted by Gasteiger charge is -2.40. The molecule has 6 nitrogen and oxygen atoms in total. The van der Waals surface area contributed by atoms with E-state index in [9.17, 15) is 9.59 Å². The Kier molecular flexibility index (Phi) is 5.65. The van der Waals surface area contributed by atoms with Gasteiger partial charge in [0.05, 0.1) is 5.41 Å². The number of likely N-dealkylation sites (tertiary alicyclic amines) is 1. The van der Waals surface area contributed by atoms with Gasteiger partial charge >= 0.3 is 5.97 Å². The first-order valence-electron chi connectivity index (χ1n) is 10.1. The highest BCUT2D eigenvalue weighted by atomic mass is 16.6. The molecular weight excluding hydrogens is 380 g/mol. The largest absolute Gasteiger partial charge is 0.457 e. The van der Waals surface area contributed by atoms with E-state index in [2.05, 4.69) is 5.16 Å². The van der Waals surface area contributed by atoms with Crippen LogP contribution in [-0.2, 0) is 26.3 Å². The van der Waals surface area contributed by atoms with E-state index < -0.39 is 5.41 Å².